The third kappa shape index (κ3) is 6.56. The third-order valence-corrected chi connectivity index (χ3v) is 7.44. The molecule has 0 unspecified atom stereocenters. The predicted octanol–water partition coefficient (Wildman–Crippen LogP) is 1.56. The van der Waals surface area contributed by atoms with Gasteiger partial charge in [-0.15, -0.1) is 0 Å². The van der Waals surface area contributed by atoms with E-state index in [4.69, 9.17) is 0 Å². The molecule has 0 aromatic heterocycles. The monoisotopic (exact) mass is 382 g/mol. The molecular formula is C18H30N2O3SSi. The van der Waals surface area contributed by atoms with Gasteiger partial charge in [-0.2, -0.15) is 0 Å². The highest BCUT2D eigenvalue weighted by Crippen LogP contribution is 2.17. The predicted molar refractivity (Wildman–Crippen MR) is 105 cm³/mol. The normalized spacial score (nSPS) is 19.0. The van der Waals surface area contributed by atoms with Crippen LogP contribution in [0.25, 0.3) is 0 Å². The molecule has 5 nitrogen and oxygen atoms in total. The van der Waals surface area contributed by atoms with Gasteiger partial charge in [-0.05, 0) is 24.3 Å². The molecule has 0 spiro atoms. The number of piperidine rings is 1. The Balaban J connectivity index is 1.91. The molecule has 1 aliphatic rings. The molecule has 2 rings (SSSR count). The lowest BCUT2D eigenvalue weighted by atomic mass is 9.97. The molecular weight excluding hydrogens is 352 g/mol. The maximum absolute atomic E-state index is 12.6. The van der Waals surface area contributed by atoms with E-state index in [0.717, 1.165) is 24.9 Å². The molecule has 140 valence electrons. The lowest BCUT2D eigenvalue weighted by Crippen LogP contribution is -2.44. The van der Waals surface area contributed by atoms with E-state index in [9.17, 15) is 13.2 Å². The Morgan fingerprint density at radius 3 is 2.44 bits per heavy atom. The van der Waals surface area contributed by atoms with Gasteiger partial charge in [0.15, 0.2) is 0 Å². The van der Waals surface area contributed by atoms with E-state index in [2.05, 4.69) is 48.6 Å². The van der Waals surface area contributed by atoms with Gasteiger partial charge in [0.1, 0.15) is 0 Å². The Bertz CT molecular complexity index is 696. The zero-order valence-electron chi connectivity index (χ0n) is 15.7. The van der Waals surface area contributed by atoms with E-state index in [1.807, 2.05) is 4.90 Å². The Morgan fingerprint density at radius 1 is 1.24 bits per heavy atom. The number of sulfonamides is 1. The highest BCUT2D eigenvalue weighted by atomic mass is 32.2. The number of nitrogens with one attached hydrogen (secondary N) is 1. The van der Waals surface area contributed by atoms with E-state index < -0.39 is 18.1 Å². The van der Waals surface area contributed by atoms with Crippen molar-refractivity contribution >= 4 is 29.2 Å². The van der Waals surface area contributed by atoms with Crippen molar-refractivity contribution in [3.8, 4) is 0 Å². The van der Waals surface area contributed by atoms with Gasteiger partial charge in [0.05, 0.1) is 20.8 Å². The summed E-state index contributed by atoms with van der Waals surface area (Å²) in [6, 6.07) is 8.45. The molecule has 0 bridgehead atoms. The first kappa shape index (κ1) is 20.1. The highest BCUT2D eigenvalue weighted by Gasteiger charge is 2.24. The van der Waals surface area contributed by atoms with E-state index in [-0.39, 0.29) is 11.8 Å². The number of benzene rings is 1. The molecule has 1 aliphatic heterocycles. The van der Waals surface area contributed by atoms with Gasteiger partial charge in [0, 0.05) is 19.6 Å². The lowest BCUT2D eigenvalue weighted by molar-refractivity contribution is -0.132. The van der Waals surface area contributed by atoms with Crippen molar-refractivity contribution in [3.63, 3.8) is 0 Å². The maximum Gasteiger partial charge on any atom is 0.226 e. The molecule has 25 heavy (non-hydrogen) atoms. The van der Waals surface area contributed by atoms with Crippen LogP contribution in [0.1, 0.15) is 18.4 Å². The van der Waals surface area contributed by atoms with Crippen LogP contribution in [0, 0.1) is 5.92 Å². The van der Waals surface area contributed by atoms with Crippen molar-refractivity contribution in [3.05, 3.63) is 29.8 Å². The summed E-state index contributed by atoms with van der Waals surface area (Å²) in [7, 11) is -4.49. The second kappa shape index (κ2) is 8.01. The number of amides is 1. The first-order valence-corrected chi connectivity index (χ1v) is 14.3. The van der Waals surface area contributed by atoms with Gasteiger partial charge in [-0.25, -0.2) is 13.1 Å². The molecule has 1 N–H and O–H groups in total. The van der Waals surface area contributed by atoms with E-state index >= 15 is 0 Å². The van der Waals surface area contributed by atoms with Gasteiger partial charge in [-0.1, -0.05) is 49.1 Å². The minimum Gasteiger partial charge on any atom is -0.342 e. The van der Waals surface area contributed by atoms with Crippen LogP contribution in [-0.4, -0.2) is 53.2 Å². The highest BCUT2D eigenvalue weighted by molar-refractivity contribution is 7.88. The van der Waals surface area contributed by atoms with Crippen molar-refractivity contribution < 1.29 is 13.2 Å². The quantitative estimate of drug-likeness (QED) is 0.760. The van der Waals surface area contributed by atoms with Crippen LogP contribution >= 0.6 is 0 Å². The average molecular weight is 383 g/mol. The Kier molecular flexibility index (Phi) is 6.45. The SMILES string of the molecule is C[Si](C)(C)c1ccc(CC(=O)N2CCC[C@@H](CNS(C)(=O)=O)C2)cc1. The van der Waals surface area contributed by atoms with Crippen molar-refractivity contribution in [2.75, 3.05) is 25.9 Å². The van der Waals surface area contributed by atoms with Crippen LogP contribution < -0.4 is 9.91 Å². The number of nitrogens with zero attached hydrogens (tertiary/aromatic N) is 1. The van der Waals surface area contributed by atoms with Crippen LogP contribution in [0.15, 0.2) is 24.3 Å². The van der Waals surface area contributed by atoms with Gasteiger partial charge < -0.3 is 4.90 Å². The summed E-state index contributed by atoms with van der Waals surface area (Å²) in [5.74, 6) is 0.325. The van der Waals surface area contributed by atoms with Crippen LogP contribution in [0.3, 0.4) is 0 Å². The Hall–Kier alpha value is -1.18. The summed E-state index contributed by atoms with van der Waals surface area (Å²) in [6.45, 7) is 8.74. The van der Waals surface area contributed by atoms with E-state index in [0.29, 0.717) is 19.5 Å². The molecule has 0 radical (unpaired) electrons. The number of carbonyl (C=O) groups is 1. The van der Waals surface area contributed by atoms with Crippen LogP contribution in [-0.2, 0) is 21.2 Å². The fraction of sp³-hybridized carbons (Fsp3) is 0.611. The van der Waals surface area contributed by atoms with E-state index in [1.165, 1.54) is 11.4 Å². The van der Waals surface area contributed by atoms with Gasteiger partial charge in [0.2, 0.25) is 15.9 Å². The third-order valence-electron chi connectivity index (χ3n) is 4.68. The summed E-state index contributed by atoms with van der Waals surface area (Å²) in [5.41, 5.74) is 1.04. The number of carbonyl (C=O) groups excluding carboxylic acids is 1. The molecule has 0 saturated carbocycles. The summed E-state index contributed by atoms with van der Waals surface area (Å²) in [4.78, 5) is 14.5. The minimum absolute atomic E-state index is 0.129. The van der Waals surface area contributed by atoms with Gasteiger partial charge in [-0.3, -0.25) is 4.79 Å². The number of hydrogen-bond acceptors (Lipinski definition) is 3. The lowest BCUT2D eigenvalue weighted by Gasteiger charge is -2.33. The van der Waals surface area contributed by atoms with E-state index in [1.54, 1.807) is 0 Å². The van der Waals surface area contributed by atoms with Crippen LogP contribution in [0.5, 0.6) is 0 Å². The molecule has 1 aromatic carbocycles. The smallest absolute Gasteiger partial charge is 0.226 e. The molecule has 1 amide bonds. The van der Waals surface area contributed by atoms with Crippen molar-refractivity contribution in [2.45, 2.75) is 38.9 Å². The summed E-state index contributed by atoms with van der Waals surface area (Å²) < 4.78 is 25.0. The summed E-state index contributed by atoms with van der Waals surface area (Å²) in [6.07, 6.45) is 3.47. The zero-order valence-corrected chi connectivity index (χ0v) is 17.5. The largest absolute Gasteiger partial charge is 0.342 e. The van der Waals surface area contributed by atoms with Gasteiger partial charge in [0.25, 0.3) is 0 Å². The average Bonchev–Trinajstić information content (AvgIpc) is 2.52. The molecule has 1 saturated heterocycles. The minimum atomic E-state index is -3.18. The standard InChI is InChI=1S/C18H30N2O3SSi/c1-24(22,23)19-13-16-6-5-11-20(14-16)18(21)12-15-7-9-17(10-8-15)25(2,3)4/h7-10,16,19H,5-6,11-14H2,1-4H3/t16-/m0/s1. The second-order valence-corrected chi connectivity index (χ2v) is 15.0. The van der Waals surface area contributed by atoms with Crippen molar-refractivity contribution in [2.24, 2.45) is 5.92 Å². The molecule has 1 atom stereocenters. The molecule has 7 heteroatoms. The fourth-order valence-corrected chi connectivity index (χ4v) is 4.84. The molecule has 1 heterocycles. The Labute approximate surface area is 152 Å². The fourth-order valence-electron chi connectivity index (χ4n) is 3.14. The summed E-state index contributed by atoms with van der Waals surface area (Å²) >= 11 is 0. The Morgan fingerprint density at radius 2 is 1.88 bits per heavy atom. The molecule has 0 aliphatic carbocycles. The molecule has 1 aromatic rings. The topological polar surface area (TPSA) is 66.5 Å². The first-order chi connectivity index (χ1) is 11.5. The number of likely N-dealkylation sites (tertiary alicyclic amines) is 1. The molecule has 1 fully saturated rings. The van der Waals surface area contributed by atoms with Gasteiger partial charge >= 0.3 is 0 Å². The number of rotatable bonds is 6. The first-order valence-electron chi connectivity index (χ1n) is 8.86. The second-order valence-electron chi connectivity index (χ2n) is 8.09. The number of hydrogen-bond donors (Lipinski definition) is 1. The zero-order chi connectivity index (χ0) is 18.7. The van der Waals surface area contributed by atoms with Crippen LogP contribution in [0.2, 0.25) is 19.6 Å². The maximum atomic E-state index is 12.6. The summed E-state index contributed by atoms with van der Waals surface area (Å²) in [5, 5.41) is 1.40. The van der Waals surface area contributed by atoms with Crippen LogP contribution in [0.4, 0.5) is 0 Å². The van der Waals surface area contributed by atoms with Crippen molar-refractivity contribution in [1.29, 1.82) is 0 Å². The van der Waals surface area contributed by atoms with Crippen molar-refractivity contribution in [1.82, 2.24) is 9.62 Å².